The van der Waals surface area contributed by atoms with Crippen LogP contribution in [0, 0.1) is 5.82 Å². The predicted octanol–water partition coefficient (Wildman–Crippen LogP) is 2.81. The molecular formula is C14H10FNO4. The fraction of sp³-hybridized carbons (Fsp3) is 0. The summed E-state index contributed by atoms with van der Waals surface area (Å²) in [4.78, 5) is 14.7. The van der Waals surface area contributed by atoms with E-state index in [4.69, 9.17) is 14.6 Å². The summed E-state index contributed by atoms with van der Waals surface area (Å²) in [7, 11) is 0. The average molecular weight is 275 g/mol. The summed E-state index contributed by atoms with van der Waals surface area (Å²) < 4.78 is 23.7. The molecule has 0 aliphatic carbocycles. The van der Waals surface area contributed by atoms with Gasteiger partial charge in [0.05, 0.1) is 6.20 Å². The third kappa shape index (κ3) is 3.32. The highest BCUT2D eigenvalue weighted by atomic mass is 19.1. The van der Waals surface area contributed by atoms with Crippen molar-refractivity contribution in [2.24, 2.45) is 0 Å². The van der Waals surface area contributed by atoms with E-state index < -0.39 is 11.8 Å². The summed E-state index contributed by atoms with van der Waals surface area (Å²) in [5.41, 5.74) is 0. The zero-order valence-electron chi connectivity index (χ0n) is 10.2. The first-order chi connectivity index (χ1) is 9.58. The second-order valence-electron chi connectivity index (χ2n) is 3.67. The molecular weight excluding hydrogens is 265 g/mol. The highest BCUT2D eigenvalue weighted by molar-refractivity contribution is 5.83. The van der Waals surface area contributed by atoms with Crippen LogP contribution < -0.4 is 9.47 Å². The zero-order chi connectivity index (χ0) is 14.5. The highest BCUT2D eigenvalue weighted by Gasteiger charge is 2.09. The molecule has 5 nitrogen and oxygen atoms in total. The maximum atomic E-state index is 13.8. The molecule has 6 heteroatoms. The van der Waals surface area contributed by atoms with Gasteiger partial charge in [0.25, 0.3) is 0 Å². The summed E-state index contributed by atoms with van der Waals surface area (Å²) in [5.74, 6) is -1.34. The zero-order valence-corrected chi connectivity index (χ0v) is 10.2. The number of ether oxygens (including phenoxy) is 2. The van der Waals surface area contributed by atoms with Gasteiger partial charge in [0.2, 0.25) is 5.88 Å². The highest BCUT2D eigenvalue weighted by Crippen LogP contribution is 2.27. The molecule has 0 fully saturated rings. The molecule has 0 spiro atoms. The first kappa shape index (κ1) is 13.5. The van der Waals surface area contributed by atoms with Crippen molar-refractivity contribution in [1.29, 1.82) is 0 Å². The van der Waals surface area contributed by atoms with Gasteiger partial charge in [-0.25, -0.2) is 14.2 Å². The minimum Gasteiger partial charge on any atom is -0.506 e. The molecule has 0 saturated carbocycles. The number of nitrogens with zero attached hydrogens (tertiary/aromatic N) is 1. The number of hydrogen-bond acceptors (Lipinski definition) is 5. The predicted molar refractivity (Wildman–Crippen MR) is 68.2 cm³/mol. The van der Waals surface area contributed by atoms with Gasteiger partial charge in [-0.05, 0) is 18.2 Å². The number of esters is 1. The lowest BCUT2D eigenvalue weighted by molar-refractivity contribution is -0.128. The number of carbonyl (C=O) groups excluding carboxylic acids is 1. The molecule has 0 aliphatic rings. The fourth-order valence-corrected chi connectivity index (χ4v) is 1.33. The monoisotopic (exact) mass is 275 g/mol. The van der Waals surface area contributed by atoms with Crippen LogP contribution in [-0.2, 0) is 4.79 Å². The van der Waals surface area contributed by atoms with E-state index in [0.717, 1.165) is 12.1 Å². The Balaban J connectivity index is 2.15. The Morgan fingerprint density at radius 2 is 2.15 bits per heavy atom. The Morgan fingerprint density at radius 3 is 2.75 bits per heavy atom. The van der Waals surface area contributed by atoms with Crippen molar-refractivity contribution in [1.82, 2.24) is 4.98 Å². The van der Waals surface area contributed by atoms with Crippen LogP contribution in [0.3, 0.4) is 0 Å². The topological polar surface area (TPSA) is 68.7 Å². The smallest absolute Gasteiger partial charge is 0.335 e. The van der Waals surface area contributed by atoms with Crippen molar-refractivity contribution in [3.8, 4) is 23.1 Å². The lowest BCUT2D eigenvalue weighted by Crippen LogP contribution is -2.03. The largest absolute Gasteiger partial charge is 0.506 e. The van der Waals surface area contributed by atoms with Crippen LogP contribution in [0.4, 0.5) is 4.39 Å². The number of carbonyl (C=O) groups is 1. The maximum absolute atomic E-state index is 13.8. The van der Waals surface area contributed by atoms with Gasteiger partial charge < -0.3 is 14.6 Å². The van der Waals surface area contributed by atoms with Crippen LogP contribution in [0.2, 0.25) is 0 Å². The van der Waals surface area contributed by atoms with Crippen LogP contribution >= 0.6 is 0 Å². The minimum absolute atomic E-state index is 0.0236. The van der Waals surface area contributed by atoms with Crippen molar-refractivity contribution in [2.45, 2.75) is 0 Å². The maximum Gasteiger partial charge on any atom is 0.335 e. The number of pyridine rings is 1. The molecule has 0 saturated heterocycles. The van der Waals surface area contributed by atoms with Crippen LogP contribution in [-0.4, -0.2) is 16.1 Å². The Kier molecular flexibility index (Phi) is 3.95. The molecule has 1 aromatic heterocycles. The van der Waals surface area contributed by atoms with Gasteiger partial charge in [-0.1, -0.05) is 6.58 Å². The Morgan fingerprint density at radius 1 is 1.35 bits per heavy atom. The van der Waals surface area contributed by atoms with Gasteiger partial charge in [-0.2, -0.15) is 0 Å². The molecule has 0 atom stereocenters. The van der Waals surface area contributed by atoms with Crippen LogP contribution in [0.25, 0.3) is 0 Å². The summed E-state index contributed by atoms with van der Waals surface area (Å²) in [5, 5.41) is 9.07. The van der Waals surface area contributed by atoms with E-state index in [9.17, 15) is 9.18 Å². The van der Waals surface area contributed by atoms with Crippen molar-refractivity contribution in [2.75, 3.05) is 0 Å². The van der Waals surface area contributed by atoms with E-state index in [0.29, 0.717) is 0 Å². The minimum atomic E-state index is -0.714. The molecule has 0 bridgehead atoms. The van der Waals surface area contributed by atoms with Crippen molar-refractivity contribution >= 4 is 5.97 Å². The molecule has 0 radical (unpaired) electrons. The van der Waals surface area contributed by atoms with E-state index in [2.05, 4.69) is 11.6 Å². The lowest BCUT2D eigenvalue weighted by Gasteiger charge is -2.07. The number of aromatic hydroxyl groups is 1. The molecule has 0 aliphatic heterocycles. The number of hydrogen-bond donors (Lipinski definition) is 1. The van der Waals surface area contributed by atoms with E-state index in [1.165, 1.54) is 30.5 Å². The van der Waals surface area contributed by atoms with Crippen molar-refractivity contribution in [3.63, 3.8) is 0 Å². The first-order valence-electron chi connectivity index (χ1n) is 5.55. The fourth-order valence-electron chi connectivity index (χ4n) is 1.33. The lowest BCUT2D eigenvalue weighted by atomic mass is 10.3. The average Bonchev–Trinajstić information content (AvgIpc) is 2.44. The Hall–Kier alpha value is -2.89. The van der Waals surface area contributed by atoms with Gasteiger partial charge in [-0.15, -0.1) is 0 Å². The second-order valence-corrected chi connectivity index (χ2v) is 3.67. The molecule has 1 aromatic carbocycles. The van der Waals surface area contributed by atoms with Gasteiger partial charge in [0, 0.05) is 18.2 Å². The van der Waals surface area contributed by atoms with Crippen LogP contribution in [0.5, 0.6) is 23.1 Å². The van der Waals surface area contributed by atoms with Gasteiger partial charge in [0.15, 0.2) is 11.6 Å². The van der Waals surface area contributed by atoms with Crippen molar-refractivity contribution < 1.29 is 23.8 Å². The molecule has 1 N–H and O–H groups in total. The third-order valence-electron chi connectivity index (χ3n) is 2.22. The molecule has 2 rings (SSSR count). The summed E-state index contributed by atoms with van der Waals surface area (Å²) >= 11 is 0. The Labute approximate surface area is 113 Å². The molecule has 2 aromatic rings. The number of aromatic nitrogens is 1. The van der Waals surface area contributed by atoms with Gasteiger partial charge in [0.1, 0.15) is 11.5 Å². The van der Waals surface area contributed by atoms with Gasteiger partial charge in [-0.3, -0.25) is 0 Å². The summed E-state index contributed by atoms with van der Waals surface area (Å²) in [6.45, 7) is 3.24. The molecule has 0 unspecified atom stereocenters. The first-order valence-corrected chi connectivity index (χ1v) is 5.55. The Bertz CT molecular complexity index is 640. The molecule has 1 heterocycles. The standard InChI is InChI=1S/C14H10FNO4/c1-2-14(18)19-10-4-5-12(11(15)7-10)20-13-6-3-9(17)8-16-13/h2-8,17H,1H2. The summed E-state index contributed by atoms with van der Waals surface area (Å²) in [6.07, 6.45) is 2.15. The second kappa shape index (κ2) is 5.83. The van der Waals surface area contributed by atoms with Crippen LogP contribution in [0.15, 0.2) is 49.2 Å². The number of benzene rings is 1. The number of rotatable bonds is 4. The third-order valence-corrected chi connectivity index (χ3v) is 2.22. The normalized spacial score (nSPS) is 9.85. The van der Waals surface area contributed by atoms with E-state index >= 15 is 0 Å². The van der Waals surface area contributed by atoms with E-state index in [1.807, 2.05) is 0 Å². The van der Waals surface area contributed by atoms with Crippen molar-refractivity contribution in [3.05, 3.63) is 55.0 Å². The molecule has 20 heavy (non-hydrogen) atoms. The van der Waals surface area contributed by atoms with E-state index in [-0.39, 0.29) is 23.1 Å². The van der Waals surface area contributed by atoms with Crippen LogP contribution in [0.1, 0.15) is 0 Å². The quantitative estimate of drug-likeness (QED) is 0.528. The molecule has 0 amide bonds. The van der Waals surface area contributed by atoms with E-state index in [1.54, 1.807) is 0 Å². The SMILES string of the molecule is C=CC(=O)Oc1ccc(Oc2ccc(O)cn2)c(F)c1. The van der Waals surface area contributed by atoms with Gasteiger partial charge >= 0.3 is 5.97 Å². The number of halogens is 1. The molecule has 102 valence electrons. The summed E-state index contributed by atoms with van der Waals surface area (Å²) in [6, 6.07) is 6.44.